The number of hydrogen-bond donors (Lipinski definition) is 0. The van der Waals surface area contributed by atoms with E-state index in [0.29, 0.717) is 33.0 Å². The van der Waals surface area contributed by atoms with Crippen LogP contribution in [0.5, 0.6) is 17.2 Å². The summed E-state index contributed by atoms with van der Waals surface area (Å²) in [5.74, 6) is 1.92. The molecule has 1 aliphatic rings. The third-order valence-corrected chi connectivity index (χ3v) is 5.23. The number of nitrogens with zero attached hydrogens (tertiary/aromatic N) is 1. The van der Waals surface area contributed by atoms with Gasteiger partial charge in [-0.05, 0) is 55.5 Å². The van der Waals surface area contributed by atoms with E-state index in [2.05, 4.69) is 0 Å². The van der Waals surface area contributed by atoms with Gasteiger partial charge in [0.1, 0.15) is 17.2 Å². The van der Waals surface area contributed by atoms with Gasteiger partial charge >= 0.3 is 0 Å². The molecule has 2 aromatic rings. The molecule has 0 N–H and O–H groups in total. The molecule has 2 aromatic carbocycles. The molecule has 0 aromatic heterocycles. The van der Waals surface area contributed by atoms with Crippen LogP contribution in [0.15, 0.2) is 47.4 Å². The number of benzene rings is 2. The zero-order chi connectivity index (χ0) is 19.4. The first-order chi connectivity index (χ1) is 13.1. The van der Waals surface area contributed by atoms with Crippen LogP contribution in [-0.4, -0.2) is 31.1 Å². The molecule has 140 valence electrons. The second-order valence-corrected chi connectivity index (χ2v) is 7.23. The van der Waals surface area contributed by atoms with Gasteiger partial charge in [0.25, 0.3) is 5.91 Å². The largest absolute Gasteiger partial charge is 0.497 e. The average molecular weight is 402 g/mol. The van der Waals surface area contributed by atoms with Crippen molar-refractivity contribution >= 4 is 46.0 Å². The fraction of sp³-hybridized carbons (Fsp3) is 0.200. The van der Waals surface area contributed by atoms with Crippen LogP contribution in [0.3, 0.4) is 0 Å². The predicted octanol–water partition coefficient (Wildman–Crippen LogP) is 4.51. The molecule has 1 aliphatic heterocycles. The Morgan fingerprint density at radius 3 is 2.41 bits per heavy atom. The van der Waals surface area contributed by atoms with E-state index in [9.17, 15) is 4.79 Å². The van der Waals surface area contributed by atoms with Crippen molar-refractivity contribution in [2.45, 2.75) is 6.92 Å². The van der Waals surface area contributed by atoms with Crippen LogP contribution in [0, 0.1) is 0 Å². The zero-order valence-electron chi connectivity index (χ0n) is 15.2. The second kappa shape index (κ2) is 8.45. The Balaban J connectivity index is 1.91. The Labute approximate surface area is 167 Å². The van der Waals surface area contributed by atoms with E-state index in [1.54, 1.807) is 32.4 Å². The Morgan fingerprint density at radius 2 is 1.78 bits per heavy atom. The summed E-state index contributed by atoms with van der Waals surface area (Å²) >= 11 is 6.69. The number of hydrogen-bond acceptors (Lipinski definition) is 6. The van der Waals surface area contributed by atoms with Gasteiger partial charge in [-0.1, -0.05) is 24.0 Å². The second-order valence-electron chi connectivity index (χ2n) is 5.55. The summed E-state index contributed by atoms with van der Waals surface area (Å²) in [5.41, 5.74) is 1.46. The van der Waals surface area contributed by atoms with Crippen molar-refractivity contribution in [3.63, 3.8) is 0 Å². The van der Waals surface area contributed by atoms with Gasteiger partial charge in [0.15, 0.2) is 4.32 Å². The molecule has 3 rings (SSSR count). The fourth-order valence-electron chi connectivity index (χ4n) is 2.64. The topological polar surface area (TPSA) is 48.0 Å². The standard InChI is InChI=1S/C20H19NO4S2/c1-4-25-15-7-5-14(6-8-15)21-19(22)18(27-20(21)26)12-13-11-16(23-2)9-10-17(13)24-3/h5-12H,4H2,1-3H3/b18-12-. The molecule has 0 saturated carbocycles. The van der Waals surface area contributed by atoms with Crippen LogP contribution in [0.1, 0.15) is 12.5 Å². The zero-order valence-corrected chi connectivity index (χ0v) is 16.9. The number of rotatable bonds is 6. The van der Waals surface area contributed by atoms with E-state index in [1.165, 1.54) is 16.7 Å². The highest BCUT2D eigenvalue weighted by Crippen LogP contribution is 2.38. The van der Waals surface area contributed by atoms with Crippen molar-refractivity contribution in [3.8, 4) is 17.2 Å². The molecule has 0 bridgehead atoms. The van der Waals surface area contributed by atoms with Crippen molar-refractivity contribution in [2.24, 2.45) is 0 Å². The molecule has 1 heterocycles. The van der Waals surface area contributed by atoms with Gasteiger partial charge < -0.3 is 14.2 Å². The van der Waals surface area contributed by atoms with Crippen LogP contribution in [0.2, 0.25) is 0 Å². The average Bonchev–Trinajstić information content (AvgIpc) is 2.96. The molecular weight excluding hydrogens is 382 g/mol. The van der Waals surface area contributed by atoms with Gasteiger partial charge in [-0.15, -0.1) is 0 Å². The maximum absolute atomic E-state index is 12.9. The van der Waals surface area contributed by atoms with Gasteiger partial charge in [-0.25, -0.2) is 0 Å². The number of carbonyl (C=O) groups excluding carboxylic acids is 1. The fourth-order valence-corrected chi connectivity index (χ4v) is 3.93. The molecule has 0 spiro atoms. The number of ether oxygens (including phenoxy) is 3. The van der Waals surface area contributed by atoms with Crippen molar-refractivity contribution in [1.29, 1.82) is 0 Å². The number of anilines is 1. The number of thioether (sulfide) groups is 1. The molecule has 7 heteroatoms. The Hall–Kier alpha value is -2.51. The summed E-state index contributed by atoms with van der Waals surface area (Å²) in [6, 6.07) is 12.7. The summed E-state index contributed by atoms with van der Waals surface area (Å²) in [6.45, 7) is 2.51. The minimum Gasteiger partial charge on any atom is -0.497 e. The third-order valence-electron chi connectivity index (χ3n) is 3.92. The molecule has 1 amide bonds. The third kappa shape index (κ3) is 4.09. The van der Waals surface area contributed by atoms with Gasteiger partial charge in [-0.2, -0.15) is 0 Å². The molecular formula is C20H19NO4S2. The normalized spacial score (nSPS) is 15.4. The summed E-state index contributed by atoms with van der Waals surface area (Å²) in [7, 11) is 3.18. The van der Waals surface area contributed by atoms with Gasteiger partial charge in [0.2, 0.25) is 0 Å². The first-order valence-corrected chi connectivity index (χ1v) is 9.52. The maximum atomic E-state index is 12.9. The minimum absolute atomic E-state index is 0.168. The number of methoxy groups -OCH3 is 2. The van der Waals surface area contributed by atoms with Gasteiger partial charge in [-0.3, -0.25) is 9.69 Å². The van der Waals surface area contributed by atoms with E-state index in [4.69, 9.17) is 26.4 Å². The Morgan fingerprint density at radius 1 is 1.07 bits per heavy atom. The van der Waals surface area contributed by atoms with Crippen molar-refractivity contribution < 1.29 is 19.0 Å². The smallest absolute Gasteiger partial charge is 0.270 e. The van der Waals surface area contributed by atoms with E-state index < -0.39 is 0 Å². The molecule has 0 radical (unpaired) electrons. The molecule has 0 unspecified atom stereocenters. The summed E-state index contributed by atoms with van der Waals surface area (Å²) in [4.78, 5) is 15.0. The Kier molecular flexibility index (Phi) is 6.03. The molecule has 27 heavy (non-hydrogen) atoms. The number of amides is 1. The first kappa shape index (κ1) is 19.3. The summed E-state index contributed by atoms with van der Waals surface area (Å²) in [5, 5.41) is 0. The van der Waals surface area contributed by atoms with Crippen LogP contribution in [0.25, 0.3) is 6.08 Å². The van der Waals surface area contributed by atoms with Crippen LogP contribution >= 0.6 is 24.0 Å². The quantitative estimate of drug-likeness (QED) is 0.524. The van der Waals surface area contributed by atoms with Crippen LogP contribution in [0.4, 0.5) is 5.69 Å². The number of thiocarbonyl (C=S) groups is 1. The van der Waals surface area contributed by atoms with Gasteiger partial charge in [0, 0.05) is 5.56 Å². The molecule has 0 atom stereocenters. The Bertz CT molecular complexity index is 893. The molecule has 0 aliphatic carbocycles. The monoisotopic (exact) mass is 401 g/mol. The molecule has 1 saturated heterocycles. The minimum atomic E-state index is -0.168. The SMILES string of the molecule is CCOc1ccc(N2C(=O)/C(=C/c3cc(OC)ccc3OC)SC2=S)cc1. The van der Waals surface area contributed by atoms with Crippen molar-refractivity contribution in [1.82, 2.24) is 0 Å². The predicted molar refractivity (Wildman–Crippen MR) is 113 cm³/mol. The lowest BCUT2D eigenvalue weighted by Gasteiger charge is -2.15. The van der Waals surface area contributed by atoms with Gasteiger partial charge in [0.05, 0.1) is 31.4 Å². The molecule has 1 fully saturated rings. The van der Waals surface area contributed by atoms with E-state index >= 15 is 0 Å². The highest BCUT2D eigenvalue weighted by atomic mass is 32.2. The van der Waals surface area contributed by atoms with E-state index in [1.807, 2.05) is 37.3 Å². The highest BCUT2D eigenvalue weighted by molar-refractivity contribution is 8.27. The van der Waals surface area contributed by atoms with E-state index in [0.717, 1.165) is 11.3 Å². The first-order valence-electron chi connectivity index (χ1n) is 8.30. The van der Waals surface area contributed by atoms with E-state index in [-0.39, 0.29) is 5.91 Å². The highest BCUT2D eigenvalue weighted by Gasteiger charge is 2.33. The lowest BCUT2D eigenvalue weighted by Crippen LogP contribution is -2.27. The molecule has 5 nitrogen and oxygen atoms in total. The maximum Gasteiger partial charge on any atom is 0.270 e. The lowest BCUT2D eigenvalue weighted by atomic mass is 10.1. The van der Waals surface area contributed by atoms with Crippen LogP contribution < -0.4 is 19.1 Å². The summed E-state index contributed by atoms with van der Waals surface area (Å²) in [6.07, 6.45) is 1.77. The number of carbonyl (C=O) groups is 1. The van der Waals surface area contributed by atoms with Crippen molar-refractivity contribution in [3.05, 3.63) is 52.9 Å². The van der Waals surface area contributed by atoms with Crippen molar-refractivity contribution in [2.75, 3.05) is 25.7 Å². The van der Waals surface area contributed by atoms with Crippen LogP contribution in [-0.2, 0) is 4.79 Å². The summed E-state index contributed by atoms with van der Waals surface area (Å²) < 4.78 is 16.6. The lowest BCUT2D eigenvalue weighted by molar-refractivity contribution is -0.113.